The molecular weight excluding hydrogens is 295 g/mol. The lowest BCUT2D eigenvalue weighted by molar-refractivity contribution is 0.0392. The van der Waals surface area contributed by atoms with Crippen molar-refractivity contribution in [1.29, 1.82) is 0 Å². The molecule has 0 saturated carbocycles. The molecule has 1 aliphatic heterocycles. The van der Waals surface area contributed by atoms with E-state index in [0.717, 1.165) is 6.07 Å². The number of morpholine rings is 1. The summed E-state index contributed by atoms with van der Waals surface area (Å²) in [5.74, 6) is 4.43. The van der Waals surface area contributed by atoms with Gasteiger partial charge in [0.05, 0.1) is 30.2 Å². The van der Waals surface area contributed by atoms with Crippen molar-refractivity contribution < 1.29 is 17.5 Å². The number of sulfonamides is 1. The number of hydrogen-bond donors (Lipinski definition) is 1. The maximum Gasteiger partial charge on any atom is 0.243 e. The van der Waals surface area contributed by atoms with Crippen LogP contribution in [0.4, 0.5) is 4.39 Å². The number of nitrogens with two attached hydrogens (primary N) is 1. The standard InChI is InChI=1S/C14H17FN2O3S/c1-11-10-20-8-7-17(11)21(18,19)13-5-4-12(3-2-6-16)14(15)9-13/h4-5,9,11H,6-8,10,16H2,1H3. The SMILES string of the molecule is CC1COCCN1S(=O)(=O)c1ccc(C#CCN)c(F)c1. The highest BCUT2D eigenvalue weighted by Crippen LogP contribution is 2.22. The maximum absolute atomic E-state index is 13.9. The minimum Gasteiger partial charge on any atom is -0.378 e. The van der Waals surface area contributed by atoms with Crippen molar-refractivity contribution >= 4 is 10.0 Å². The second-order valence-corrected chi connectivity index (χ2v) is 6.58. The molecule has 0 aromatic heterocycles. The van der Waals surface area contributed by atoms with E-state index < -0.39 is 15.8 Å². The van der Waals surface area contributed by atoms with E-state index in [1.165, 1.54) is 16.4 Å². The van der Waals surface area contributed by atoms with Crippen molar-refractivity contribution in [3.63, 3.8) is 0 Å². The van der Waals surface area contributed by atoms with Crippen LogP contribution in [0, 0.1) is 17.7 Å². The minimum atomic E-state index is -3.73. The largest absolute Gasteiger partial charge is 0.378 e. The molecule has 21 heavy (non-hydrogen) atoms. The number of ether oxygens (including phenoxy) is 1. The van der Waals surface area contributed by atoms with Gasteiger partial charge in [0.25, 0.3) is 0 Å². The fraction of sp³-hybridized carbons (Fsp3) is 0.429. The summed E-state index contributed by atoms with van der Waals surface area (Å²) in [6.45, 7) is 2.81. The molecule has 1 heterocycles. The molecule has 1 unspecified atom stereocenters. The predicted octanol–water partition coefficient (Wildman–Crippen LogP) is 0.545. The van der Waals surface area contributed by atoms with E-state index in [-0.39, 0.29) is 29.6 Å². The Balaban J connectivity index is 2.34. The first-order valence-electron chi connectivity index (χ1n) is 6.55. The van der Waals surface area contributed by atoms with Crippen LogP contribution >= 0.6 is 0 Å². The Hall–Kier alpha value is -1.46. The Morgan fingerprint density at radius 1 is 1.52 bits per heavy atom. The Labute approximate surface area is 123 Å². The summed E-state index contributed by atoms with van der Waals surface area (Å²) in [6.07, 6.45) is 0. The van der Waals surface area contributed by atoms with Gasteiger partial charge in [0.15, 0.2) is 0 Å². The zero-order valence-electron chi connectivity index (χ0n) is 11.7. The highest BCUT2D eigenvalue weighted by Gasteiger charge is 2.31. The van der Waals surface area contributed by atoms with E-state index in [0.29, 0.717) is 13.2 Å². The molecule has 5 nitrogen and oxygen atoms in total. The molecule has 0 spiro atoms. The first-order valence-corrected chi connectivity index (χ1v) is 7.99. The molecule has 2 rings (SSSR count). The fourth-order valence-electron chi connectivity index (χ4n) is 2.11. The molecule has 1 aliphatic rings. The lowest BCUT2D eigenvalue weighted by Crippen LogP contribution is -2.46. The van der Waals surface area contributed by atoms with Crippen molar-refractivity contribution in [2.45, 2.75) is 17.9 Å². The van der Waals surface area contributed by atoms with Crippen molar-refractivity contribution in [2.24, 2.45) is 5.73 Å². The molecule has 1 aromatic rings. The van der Waals surface area contributed by atoms with E-state index in [2.05, 4.69) is 11.8 Å². The predicted molar refractivity (Wildman–Crippen MR) is 76.5 cm³/mol. The normalized spacial score (nSPS) is 19.9. The Bertz CT molecular complexity index is 679. The van der Waals surface area contributed by atoms with Crippen LogP contribution in [0.25, 0.3) is 0 Å². The van der Waals surface area contributed by atoms with Gasteiger partial charge >= 0.3 is 0 Å². The number of hydrogen-bond acceptors (Lipinski definition) is 4. The van der Waals surface area contributed by atoms with Crippen LogP contribution in [0.15, 0.2) is 23.1 Å². The molecular formula is C14H17FN2O3S. The van der Waals surface area contributed by atoms with E-state index in [1.807, 2.05) is 0 Å². The van der Waals surface area contributed by atoms with Crippen LogP contribution < -0.4 is 5.73 Å². The average Bonchev–Trinajstić information content (AvgIpc) is 2.46. The van der Waals surface area contributed by atoms with Gasteiger partial charge in [-0.05, 0) is 25.1 Å². The monoisotopic (exact) mass is 312 g/mol. The van der Waals surface area contributed by atoms with Gasteiger partial charge in [0, 0.05) is 12.6 Å². The smallest absolute Gasteiger partial charge is 0.243 e. The topological polar surface area (TPSA) is 72.6 Å². The molecule has 7 heteroatoms. The van der Waals surface area contributed by atoms with Crippen LogP contribution in [0.1, 0.15) is 12.5 Å². The van der Waals surface area contributed by atoms with Gasteiger partial charge in [0.1, 0.15) is 5.82 Å². The molecule has 0 bridgehead atoms. The van der Waals surface area contributed by atoms with Crippen molar-refractivity contribution in [2.75, 3.05) is 26.3 Å². The molecule has 1 aromatic carbocycles. The highest BCUT2D eigenvalue weighted by molar-refractivity contribution is 7.89. The van der Waals surface area contributed by atoms with Crippen molar-refractivity contribution in [1.82, 2.24) is 4.31 Å². The Kier molecular flexibility index (Phi) is 4.96. The third-order valence-corrected chi connectivity index (χ3v) is 5.19. The number of rotatable bonds is 2. The molecule has 0 radical (unpaired) electrons. The van der Waals surface area contributed by atoms with Gasteiger partial charge in [-0.3, -0.25) is 0 Å². The van der Waals surface area contributed by atoms with Gasteiger partial charge in [-0.15, -0.1) is 0 Å². The third kappa shape index (κ3) is 3.41. The van der Waals surface area contributed by atoms with Gasteiger partial charge in [0.2, 0.25) is 10.0 Å². The van der Waals surface area contributed by atoms with Crippen LogP contribution in [-0.2, 0) is 14.8 Å². The zero-order valence-corrected chi connectivity index (χ0v) is 12.5. The third-order valence-electron chi connectivity index (χ3n) is 3.18. The zero-order chi connectivity index (χ0) is 15.5. The molecule has 114 valence electrons. The fourth-order valence-corrected chi connectivity index (χ4v) is 3.72. The van der Waals surface area contributed by atoms with Gasteiger partial charge in [-0.2, -0.15) is 4.31 Å². The van der Waals surface area contributed by atoms with Crippen LogP contribution in [0.5, 0.6) is 0 Å². The first-order chi connectivity index (χ1) is 9.96. The summed E-state index contributed by atoms with van der Waals surface area (Å²) in [6, 6.07) is 3.44. The first kappa shape index (κ1) is 15.9. The number of benzene rings is 1. The van der Waals surface area contributed by atoms with E-state index >= 15 is 0 Å². The Morgan fingerprint density at radius 3 is 2.90 bits per heavy atom. The molecule has 0 amide bonds. The summed E-state index contributed by atoms with van der Waals surface area (Å²) in [4.78, 5) is -0.0768. The van der Waals surface area contributed by atoms with Crippen LogP contribution in [-0.4, -0.2) is 45.1 Å². The summed E-state index contributed by atoms with van der Waals surface area (Å²) in [5.41, 5.74) is 5.36. The molecule has 2 N–H and O–H groups in total. The number of nitrogens with zero attached hydrogens (tertiary/aromatic N) is 1. The molecule has 1 fully saturated rings. The minimum absolute atomic E-state index is 0.0768. The van der Waals surface area contributed by atoms with E-state index in [4.69, 9.17) is 10.5 Å². The van der Waals surface area contributed by atoms with E-state index in [1.54, 1.807) is 6.92 Å². The average molecular weight is 312 g/mol. The maximum atomic E-state index is 13.9. The van der Waals surface area contributed by atoms with E-state index in [9.17, 15) is 12.8 Å². The molecule has 0 aliphatic carbocycles. The second kappa shape index (κ2) is 6.54. The highest BCUT2D eigenvalue weighted by atomic mass is 32.2. The lowest BCUT2D eigenvalue weighted by Gasteiger charge is -2.32. The van der Waals surface area contributed by atoms with Crippen molar-refractivity contribution in [3.8, 4) is 11.8 Å². The summed E-state index contributed by atoms with van der Waals surface area (Å²) in [7, 11) is -3.73. The second-order valence-electron chi connectivity index (χ2n) is 4.69. The Morgan fingerprint density at radius 2 is 2.29 bits per heavy atom. The lowest BCUT2D eigenvalue weighted by atomic mass is 10.2. The van der Waals surface area contributed by atoms with Gasteiger partial charge < -0.3 is 10.5 Å². The summed E-state index contributed by atoms with van der Waals surface area (Å²) >= 11 is 0. The van der Waals surface area contributed by atoms with Gasteiger partial charge in [-0.1, -0.05) is 11.8 Å². The van der Waals surface area contributed by atoms with Crippen LogP contribution in [0.2, 0.25) is 0 Å². The summed E-state index contributed by atoms with van der Waals surface area (Å²) < 4.78 is 45.5. The quantitative estimate of drug-likeness (QED) is 0.809. The molecule has 1 saturated heterocycles. The number of halogens is 1. The summed E-state index contributed by atoms with van der Waals surface area (Å²) in [5, 5.41) is 0. The van der Waals surface area contributed by atoms with Gasteiger partial charge in [-0.25, -0.2) is 12.8 Å². The van der Waals surface area contributed by atoms with Crippen molar-refractivity contribution in [3.05, 3.63) is 29.6 Å². The molecule has 1 atom stereocenters. The van der Waals surface area contributed by atoms with Crippen LogP contribution in [0.3, 0.4) is 0 Å².